The Hall–Kier alpha value is -2.18. The Morgan fingerprint density at radius 2 is 1.91 bits per heavy atom. The van der Waals surface area contributed by atoms with Crippen molar-refractivity contribution >= 4 is 23.1 Å². The SMILES string of the molecule is Clc1ccccc1CN1CCN(c2nccn3cnnc23)CC1. The van der Waals surface area contributed by atoms with Gasteiger partial charge in [-0.3, -0.25) is 9.30 Å². The maximum absolute atomic E-state index is 6.26. The summed E-state index contributed by atoms with van der Waals surface area (Å²) in [5.41, 5.74) is 1.99. The molecule has 1 fully saturated rings. The summed E-state index contributed by atoms with van der Waals surface area (Å²) in [5, 5.41) is 8.97. The van der Waals surface area contributed by atoms with Gasteiger partial charge in [0.2, 0.25) is 5.65 Å². The molecular formula is C16H17ClN6. The first kappa shape index (κ1) is 14.4. The first-order chi connectivity index (χ1) is 11.3. The lowest BCUT2D eigenvalue weighted by Gasteiger charge is -2.35. The smallest absolute Gasteiger partial charge is 0.203 e. The van der Waals surface area contributed by atoms with Crippen LogP contribution in [0.1, 0.15) is 5.56 Å². The van der Waals surface area contributed by atoms with Crippen LogP contribution in [0.2, 0.25) is 5.02 Å². The molecule has 23 heavy (non-hydrogen) atoms. The standard InChI is InChI=1S/C16H17ClN6/c17-14-4-2-1-3-13(14)11-21-7-9-22(10-8-21)15-16-20-19-12-23(16)6-5-18-15/h1-6,12H,7-11H2. The van der Waals surface area contributed by atoms with Gasteiger partial charge in [0.15, 0.2) is 5.82 Å². The summed E-state index contributed by atoms with van der Waals surface area (Å²) in [6.45, 7) is 4.67. The van der Waals surface area contributed by atoms with E-state index in [4.69, 9.17) is 11.6 Å². The third kappa shape index (κ3) is 2.87. The Balaban J connectivity index is 1.45. The van der Waals surface area contributed by atoms with E-state index in [1.807, 2.05) is 28.8 Å². The highest BCUT2D eigenvalue weighted by atomic mass is 35.5. The number of halogens is 1. The quantitative estimate of drug-likeness (QED) is 0.737. The molecule has 7 heteroatoms. The predicted molar refractivity (Wildman–Crippen MR) is 89.7 cm³/mol. The summed E-state index contributed by atoms with van der Waals surface area (Å²) in [7, 11) is 0. The molecule has 0 radical (unpaired) electrons. The molecule has 0 N–H and O–H groups in total. The topological polar surface area (TPSA) is 49.6 Å². The monoisotopic (exact) mass is 328 g/mol. The maximum Gasteiger partial charge on any atom is 0.203 e. The van der Waals surface area contributed by atoms with Crippen LogP contribution in [-0.2, 0) is 6.54 Å². The van der Waals surface area contributed by atoms with Gasteiger partial charge in [-0.15, -0.1) is 10.2 Å². The Morgan fingerprint density at radius 1 is 1.09 bits per heavy atom. The van der Waals surface area contributed by atoms with Crippen molar-refractivity contribution in [2.75, 3.05) is 31.1 Å². The van der Waals surface area contributed by atoms with E-state index in [1.54, 1.807) is 12.5 Å². The van der Waals surface area contributed by atoms with Crippen LogP contribution in [0.25, 0.3) is 5.65 Å². The van der Waals surface area contributed by atoms with Crippen molar-refractivity contribution in [3.8, 4) is 0 Å². The van der Waals surface area contributed by atoms with Crippen molar-refractivity contribution < 1.29 is 0 Å². The van der Waals surface area contributed by atoms with Crippen molar-refractivity contribution in [2.24, 2.45) is 0 Å². The van der Waals surface area contributed by atoms with E-state index < -0.39 is 0 Å². The molecule has 0 saturated carbocycles. The van der Waals surface area contributed by atoms with E-state index in [0.29, 0.717) is 0 Å². The van der Waals surface area contributed by atoms with Crippen molar-refractivity contribution in [1.82, 2.24) is 24.5 Å². The van der Waals surface area contributed by atoms with Crippen molar-refractivity contribution in [2.45, 2.75) is 6.54 Å². The average Bonchev–Trinajstić information content (AvgIpc) is 3.06. The largest absolute Gasteiger partial charge is 0.351 e. The van der Waals surface area contributed by atoms with Gasteiger partial charge < -0.3 is 4.90 Å². The normalized spacial score (nSPS) is 16.1. The molecule has 1 aromatic carbocycles. The summed E-state index contributed by atoms with van der Waals surface area (Å²) < 4.78 is 1.90. The molecule has 1 aliphatic rings. The molecule has 2 aromatic heterocycles. The first-order valence-electron chi connectivity index (χ1n) is 7.66. The van der Waals surface area contributed by atoms with Gasteiger partial charge in [-0.05, 0) is 11.6 Å². The van der Waals surface area contributed by atoms with E-state index in [0.717, 1.165) is 49.2 Å². The van der Waals surface area contributed by atoms with Gasteiger partial charge in [-0.25, -0.2) is 4.98 Å². The number of hydrogen-bond acceptors (Lipinski definition) is 5. The second-order valence-corrected chi connectivity index (χ2v) is 6.07. The highest BCUT2D eigenvalue weighted by Crippen LogP contribution is 2.21. The molecular weight excluding hydrogens is 312 g/mol. The van der Waals surface area contributed by atoms with E-state index in [-0.39, 0.29) is 0 Å². The van der Waals surface area contributed by atoms with Gasteiger partial charge in [-0.2, -0.15) is 0 Å². The molecule has 0 spiro atoms. The van der Waals surface area contributed by atoms with Crippen molar-refractivity contribution in [3.05, 3.63) is 53.6 Å². The number of aromatic nitrogens is 4. The lowest BCUT2D eigenvalue weighted by atomic mass is 10.2. The van der Waals surface area contributed by atoms with Gasteiger partial charge in [0.25, 0.3) is 0 Å². The predicted octanol–water partition coefficient (Wildman–Crippen LogP) is 2.10. The molecule has 1 aliphatic heterocycles. The number of anilines is 1. The minimum atomic E-state index is 0.812. The second kappa shape index (κ2) is 6.14. The molecule has 0 amide bonds. The molecule has 3 aromatic rings. The zero-order valence-corrected chi connectivity index (χ0v) is 13.4. The summed E-state index contributed by atoms with van der Waals surface area (Å²) in [4.78, 5) is 9.18. The Bertz CT molecular complexity index is 809. The molecule has 118 valence electrons. The Kier molecular flexibility index (Phi) is 3.85. The molecule has 0 bridgehead atoms. The maximum atomic E-state index is 6.26. The third-order valence-electron chi connectivity index (χ3n) is 4.22. The Labute approximate surface area is 139 Å². The Morgan fingerprint density at radius 3 is 2.74 bits per heavy atom. The fourth-order valence-electron chi connectivity index (χ4n) is 2.95. The van der Waals surface area contributed by atoms with E-state index in [9.17, 15) is 0 Å². The third-order valence-corrected chi connectivity index (χ3v) is 4.59. The van der Waals surface area contributed by atoms with Crippen LogP contribution in [-0.4, -0.2) is 50.7 Å². The zero-order chi connectivity index (χ0) is 15.6. The zero-order valence-electron chi connectivity index (χ0n) is 12.6. The second-order valence-electron chi connectivity index (χ2n) is 5.67. The van der Waals surface area contributed by atoms with Crippen molar-refractivity contribution in [3.63, 3.8) is 0 Å². The van der Waals surface area contributed by atoms with E-state index in [1.165, 1.54) is 5.56 Å². The van der Waals surface area contributed by atoms with Gasteiger partial charge >= 0.3 is 0 Å². The van der Waals surface area contributed by atoms with E-state index in [2.05, 4.69) is 31.0 Å². The van der Waals surface area contributed by atoms with E-state index >= 15 is 0 Å². The van der Waals surface area contributed by atoms with Crippen LogP contribution in [0.5, 0.6) is 0 Å². The van der Waals surface area contributed by atoms with Gasteiger partial charge in [-0.1, -0.05) is 29.8 Å². The number of piperazine rings is 1. The molecule has 3 heterocycles. The fraction of sp³-hybridized carbons (Fsp3) is 0.312. The number of rotatable bonds is 3. The summed E-state index contributed by atoms with van der Waals surface area (Å²) >= 11 is 6.26. The molecule has 4 rings (SSSR count). The molecule has 0 unspecified atom stereocenters. The van der Waals surface area contributed by atoms with Crippen LogP contribution in [0.15, 0.2) is 43.0 Å². The van der Waals surface area contributed by atoms with Crippen LogP contribution < -0.4 is 4.90 Å². The van der Waals surface area contributed by atoms with Crippen molar-refractivity contribution in [1.29, 1.82) is 0 Å². The molecule has 1 saturated heterocycles. The summed E-state index contributed by atoms with van der Waals surface area (Å²) in [6.07, 6.45) is 5.36. The van der Waals surface area contributed by atoms with Crippen LogP contribution in [0.4, 0.5) is 5.82 Å². The van der Waals surface area contributed by atoms with Gasteiger partial charge in [0.1, 0.15) is 6.33 Å². The highest BCUT2D eigenvalue weighted by Gasteiger charge is 2.21. The number of fused-ring (bicyclic) bond motifs is 1. The van der Waals surface area contributed by atoms with Crippen LogP contribution in [0, 0.1) is 0 Å². The minimum Gasteiger partial charge on any atom is -0.351 e. The average molecular weight is 329 g/mol. The minimum absolute atomic E-state index is 0.812. The van der Waals surface area contributed by atoms with Gasteiger partial charge in [0.05, 0.1) is 0 Å². The lowest BCUT2D eigenvalue weighted by Crippen LogP contribution is -2.46. The summed E-state index contributed by atoms with van der Waals surface area (Å²) in [5.74, 6) is 0.905. The number of benzene rings is 1. The molecule has 0 atom stereocenters. The molecule has 6 nitrogen and oxygen atoms in total. The highest BCUT2D eigenvalue weighted by molar-refractivity contribution is 6.31. The van der Waals surface area contributed by atoms with Gasteiger partial charge in [0, 0.05) is 50.1 Å². The van der Waals surface area contributed by atoms with Crippen LogP contribution >= 0.6 is 11.6 Å². The van der Waals surface area contributed by atoms with Crippen LogP contribution in [0.3, 0.4) is 0 Å². The lowest BCUT2D eigenvalue weighted by molar-refractivity contribution is 0.249. The molecule has 0 aliphatic carbocycles. The first-order valence-corrected chi connectivity index (χ1v) is 8.04. The number of nitrogens with zero attached hydrogens (tertiary/aromatic N) is 6. The fourth-order valence-corrected chi connectivity index (χ4v) is 3.15. The number of hydrogen-bond donors (Lipinski definition) is 0. The summed E-state index contributed by atoms with van der Waals surface area (Å²) in [6, 6.07) is 8.04.